The van der Waals surface area contributed by atoms with E-state index in [1.165, 1.54) is 12.1 Å². The van der Waals surface area contributed by atoms with E-state index in [0.29, 0.717) is 30.1 Å². The zero-order valence-electron chi connectivity index (χ0n) is 10.4. The standard InChI is InChI=1S/C12H17ClN2O3/c1-3-12(2,16)8-14-7-9-6-10(13)4-5-11(9)15(17)18/h4-6,14,16H,3,7-8H2,1-2H3. The van der Waals surface area contributed by atoms with Gasteiger partial charge in [0.15, 0.2) is 0 Å². The van der Waals surface area contributed by atoms with Gasteiger partial charge in [-0.3, -0.25) is 10.1 Å². The lowest BCUT2D eigenvalue weighted by atomic mass is 10.0. The molecule has 0 fully saturated rings. The van der Waals surface area contributed by atoms with Crippen molar-refractivity contribution in [3.05, 3.63) is 38.9 Å². The van der Waals surface area contributed by atoms with Crippen LogP contribution in [0.1, 0.15) is 25.8 Å². The summed E-state index contributed by atoms with van der Waals surface area (Å²) in [6.45, 7) is 4.26. The van der Waals surface area contributed by atoms with Gasteiger partial charge >= 0.3 is 0 Å². The SMILES string of the molecule is CCC(C)(O)CNCc1cc(Cl)ccc1[N+](=O)[O-]. The van der Waals surface area contributed by atoms with Crippen LogP contribution in [0.5, 0.6) is 0 Å². The normalized spacial score (nSPS) is 14.2. The highest BCUT2D eigenvalue weighted by atomic mass is 35.5. The molecule has 0 saturated heterocycles. The van der Waals surface area contributed by atoms with Crippen molar-refractivity contribution < 1.29 is 10.0 Å². The fraction of sp³-hybridized carbons (Fsp3) is 0.500. The van der Waals surface area contributed by atoms with E-state index in [1.54, 1.807) is 13.0 Å². The zero-order chi connectivity index (χ0) is 13.8. The maximum absolute atomic E-state index is 10.8. The Morgan fingerprint density at radius 3 is 2.78 bits per heavy atom. The number of nitrogens with zero attached hydrogens (tertiary/aromatic N) is 1. The Bertz CT molecular complexity index is 435. The topological polar surface area (TPSA) is 75.4 Å². The van der Waals surface area contributed by atoms with Crippen LogP contribution in [0.3, 0.4) is 0 Å². The van der Waals surface area contributed by atoms with Gasteiger partial charge in [0.2, 0.25) is 0 Å². The Morgan fingerprint density at radius 1 is 1.56 bits per heavy atom. The number of hydrogen-bond donors (Lipinski definition) is 2. The van der Waals surface area contributed by atoms with E-state index in [4.69, 9.17) is 11.6 Å². The molecule has 0 heterocycles. The first-order valence-electron chi connectivity index (χ1n) is 5.71. The molecule has 0 saturated carbocycles. The van der Waals surface area contributed by atoms with Gasteiger partial charge in [0.25, 0.3) is 5.69 Å². The minimum absolute atomic E-state index is 0.0306. The summed E-state index contributed by atoms with van der Waals surface area (Å²) in [6.07, 6.45) is 0.609. The van der Waals surface area contributed by atoms with Crippen molar-refractivity contribution in [2.75, 3.05) is 6.54 Å². The molecule has 2 N–H and O–H groups in total. The minimum Gasteiger partial charge on any atom is -0.389 e. The van der Waals surface area contributed by atoms with Crippen molar-refractivity contribution >= 4 is 17.3 Å². The molecule has 0 aliphatic rings. The van der Waals surface area contributed by atoms with Crippen molar-refractivity contribution in [3.63, 3.8) is 0 Å². The van der Waals surface area contributed by atoms with Crippen LogP contribution in [0.25, 0.3) is 0 Å². The summed E-state index contributed by atoms with van der Waals surface area (Å²) in [6, 6.07) is 4.44. The lowest BCUT2D eigenvalue weighted by Crippen LogP contribution is -2.36. The third-order valence-electron chi connectivity index (χ3n) is 2.82. The average molecular weight is 273 g/mol. The summed E-state index contributed by atoms with van der Waals surface area (Å²) in [7, 11) is 0. The highest BCUT2D eigenvalue weighted by Gasteiger charge is 2.18. The number of nitro groups is 1. The van der Waals surface area contributed by atoms with Crippen molar-refractivity contribution in [1.82, 2.24) is 5.32 Å². The number of nitro benzene ring substituents is 1. The monoisotopic (exact) mass is 272 g/mol. The number of rotatable bonds is 6. The van der Waals surface area contributed by atoms with Gasteiger partial charge in [-0.2, -0.15) is 0 Å². The molecule has 0 aliphatic carbocycles. The largest absolute Gasteiger partial charge is 0.389 e. The molecule has 1 aromatic carbocycles. The van der Waals surface area contributed by atoms with E-state index in [0.717, 1.165) is 0 Å². The van der Waals surface area contributed by atoms with Crippen LogP contribution in [0.15, 0.2) is 18.2 Å². The van der Waals surface area contributed by atoms with Crippen LogP contribution >= 0.6 is 11.6 Å². The first-order chi connectivity index (χ1) is 8.35. The summed E-state index contributed by atoms with van der Waals surface area (Å²) in [5, 5.41) is 24.1. The second-order valence-corrected chi connectivity index (χ2v) is 4.92. The zero-order valence-corrected chi connectivity index (χ0v) is 11.2. The predicted octanol–water partition coefficient (Wildman–Crippen LogP) is 2.50. The maximum Gasteiger partial charge on any atom is 0.273 e. The van der Waals surface area contributed by atoms with E-state index < -0.39 is 10.5 Å². The number of aliphatic hydroxyl groups is 1. The summed E-state index contributed by atoms with van der Waals surface area (Å²) in [5.41, 5.74) is -0.268. The van der Waals surface area contributed by atoms with Crippen molar-refractivity contribution in [2.24, 2.45) is 0 Å². The Morgan fingerprint density at radius 2 is 2.22 bits per heavy atom. The first kappa shape index (κ1) is 14.9. The molecule has 0 aliphatic heterocycles. The van der Waals surface area contributed by atoms with Crippen LogP contribution in [0.4, 0.5) is 5.69 Å². The second-order valence-electron chi connectivity index (χ2n) is 4.48. The predicted molar refractivity (Wildman–Crippen MR) is 70.7 cm³/mol. The highest BCUT2D eigenvalue weighted by Crippen LogP contribution is 2.22. The quantitative estimate of drug-likeness (QED) is 0.616. The van der Waals surface area contributed by atoms with Gasteiger partial charge < -0.3 is 10.4 Å². The van der Waals surface area contributed by atoms with E-state index in [9.17, 15) is 15.2 Å². The van der Waals surface area contributed by atoms with Crippen molar-refractivity contribution in [3.8, 4) is 0 Å². The van der Waals surface area contributed by atoms with Gasteiger partial charge in [-0.1, -0.05) is 18.5 Å². The Hall–Kier alpha value is -1.17. The average Bonchev–Trinajstić information content (AvgIpc) is 2.28. The summed E-state index contributed by atoms with van der Waals surface area (Å²) < 4.78 is 0. The van der Waals surface area contributed by atoms with Crippen LogP contribution in [0, 0.1) is 10.1 Å². The molecule has 1 atom stereocenters. The lowest BCUT2D eigenvalue weighted by molar-refractivity contribution is -0.385. The third kappa shape index (κ3) is 4.25. The number of halogens is 1. The van der Waals surface area contributed by atoms with E-state index in [2.05, 4.69) is 5.32 Å². The molecular formula is C12H17ClN2O3. The molecule has 1 aromatic rings. The molecular weight excluding hydrogens is 256 g/mol. The Kier molecular flexibility index (Phi) is 5.07. The smallest absolute Gasteiger partial charge is 0.273 e. The van der Waals surface area contributed by atoms with Gasteiger partial charge in [0.05, 0.1) is 10.5 Å². The molecule has 6 heteroatoms. The Labute approximate surface area is 111 Å². The van der Waals surface area contributed by atoms with E-state index in [-0.39, 0.29) is 5.69 Å². The molecule has 0 amide bonds. The first-order valence-corrected chi connectivity index (χ1v) is 6.09. The third-order valence-corrected chi connectivity index (χ3v) is 3.06. The number of benzene rings is 1. The molecule has 0 bridgehead atoms. The molecule has 18 heavy (non-hydrogen) atoms. The van der Waals surface area contributed by atoms with Gasteiger partial charge in [-0.15, -0.1) is 0 Å². The van der Waals surface area contributed by atoms with Crippen LogP contribution in [-0.4, -0.2) is 22.2 Å². The molecule has 0 spiro atoms. The summed E-state index contributed by atoms with van der Waals surface area (Å²) in [4.78, 5) is 10.4. The van der Waals surface area contributed by atoms with Crippen molar-refractivity contribution in [1.29, 1.82) is 0 Å². The molecule has 1 unspecified atom stereocenters. The van der Waals surface area contributed by atoms with Crippen LogP contribution in [-0.2, 0) is 6.54 Å². The number of hydrogen-bond acceptors (Lipinski definition) is 4. The maximum atomic E-state index is 10.8. The highest BCUT2D eigenvalue weighted by molar-refractivity contribution is 6.30. The van der Waals surface area contributed by atoms with Gasteiger partial charge in [0, 0.05) is 29.7 Å². The van der Waals surface area contributed by atoms with E-state index in [1.807, 2.05) is 6.92 Å². The summed E-state index contributed by atoms with van der Waals surface area (Å²) in [5.74, 6) is 0. The second kappa shape index (κ2) is 6.13. The van der Waals surface area contributed by atoms with Crippen molar-refractivity contribution in [2.45, 2.75) is 32.4 Å². The van der Waals surface area contributed by atoms with Gasteiger partial charge in [-0.25, -0.2) is 0 Å². The van der Waals surface area contributed by atoms with E-state index >= 15 is 0 Å². The summed E-state index contributed by atoms with van der Waals surface area (Å²) >= 11 is 5.82. The molecule has 0 radical (unpaired) electrons. The fourth-order valence-corrected chi connectivity index (χ4v) is 1.66. The molecule has 100 valence electrons. The van der Waals surface area contributed by atoms with Crippen LogP contribution < -0.4 is 5.32 Å². The molecule has 5 nitrogen and oxygen atoms in total. The molecule has 0 aromatic heterocycles. The fourth-order valence-electron chi connectivity index (χ4n) is 1.47. The molecule has 1 rings (SSSR count). The van der Waals surface area contributed by atoms with Gasteiger partial charge in [0.1, 0.15) is 0 Å². The minimum atomic E-state index is -0.812. The van der Waals surface area contributed by atoms with Crippen LogP contribution in [0.2, 0.25) is 5.02 Å². The lowest BCUT2D eigenvalue weighted by Gasteiger charge is -2.21. The van der Waals surface area contributed by atoms with Gasteiger partial charge in [-0.05, 0) is 25.5 Å². The number of nitrogens with one attached hydrogen (secondary N) is 1. The Balaban J connectivity index is 2.72.